The number of para-hydroxylation sites is 1. The molecular formula is C43H32N2O2. The van der Waals surface area contributed by atoms with E-state index in [1.807, 2.05) is 42.5 Å². The summed E-state index contributed by atoms with van der Waals surface area (Å²) in [5, 5.41) is 11.3. The van der Waals surface area contributed by atoms with Crippen molar-refractivity contribution in [2.45, 2.75) is 24.5 Å². The molecule has 0 fully saturated rings. The second kappa shape index (κ2) is 10.7. The van der Waals surface area contributed by atoms with E-state index >= 15 is 0 Å². The molecule has 0 amide bonds. The molecule has 1 heterocycles. The Balaban J connectivity index is 1.27. The minimum atomic E-state index is -0.771. The largest absolute Gasteiger partial charge is 0.457 e. The highest BCUT2D eigenvalue weighted by Crippen LogP contribution is 2.63. The van der Waals surface area contributed by atoms with E-state index in [0.717, 1.165) is 57.4 Å². The van der Waals surface area contributed by atoms with Gasteiger partial charge in [0.25, 0.3) is 0 Å². The van der Waals surface area contributed by atoms with Crippen molar-refractivity contribution < 1.29 is 9.47 Å². The summed E-state index contributed by atoms with van der Waals surface area (Å²) < 4.78 is 12.9. The maximum absolute atomic E-state index is 9.30. The molecule has 226 valence electrons. The molecule has 0 bridgehead atoms. The van der Waals surface area contributed by atoms with Crippen molar-refractivity contribution in [2.75, 3.05) is 0 Å². The molecule has 9 rings (SSSR count). The molecule has 47 heavy (non-hydrogen) atoms. The second-order valence-electron chi connectivity index (χ2n) is 12.4. The summed E-state index contributed by atoms with van der Waals surface area (Å²) in [6, 6.07) is 45.8. The van der Waals surface area contributed by atoms with Gasteiger partial charge in [0, 0.05) is 16.7 Å². The molecule has 0 saturated heterocycles. The Morgan fingerprint density at radius 1 is 0.723 bits per heavy atom. The number of nitrogens with two attached hydrogens (primary N) is 1. The number of rotatable bonds is 4. The maximum atomic E-state index is 9.30. The van der Waals surface area contributed by atoms with Gasteiger partial charge in [-0.05, 0) is 75.2 Å². The van der Waals surface area contributed by atoms with Gasteiger partial charge in [-0.2, -0.15) is 0 Å². The average Bonchev–Trinajstić information content (AvgIpc) is 3.42. The molecule has 1 spiro atoms. The van der Waals surface area contributed by atoms with Crippen molar-refractivity contribution in [1.29, 1.82) is 5.41 Å². The summed E-state index contributed by atoms with van der Waals surface area (Å²) in [6.45, 7) is 0. The fourth-order valence-electron chi connectivity index (χ4n) is 7.99. The third-order valence-electron chi connectivity index (χ3n) is 9.98. The summed E-state index contributed by atoms with van der Waals surface area (Å²) in [5.41, 5.74) is 17.0. The van der Waals surface area contributed by atoms with Crippen molar-refractivity contribution in [3.05, 3.63) is 185 Å². The zero-order valence-electron chi connectivity index (χ0n) is 25.7. The number of hydrogen-bond acceptors (Lipinski definition) is 4. The lowest BCUT2D eigenvalue weighted by atomic mass is 9.63. The van der Waals surface area contributed by atoms with E-state index in [-0.39, 0.29) is 5.90 Å². The molecule has 4 heteroatoms. The average molecular weight is 609 g/mol. The highest BCUT2D eigenvalue weighted by molar-refractivity contribution is 6.11. The SMILES string of the molecule is N=C(O[C@@H](N)c1ccccc1)c1c(-c2ccc3c(c2)C2(C4=C(C=CCC4)c4ccccc42)c2ccccc2O3)ccc2ccccc12. The Morgan fingerprint density at radius 3 is 2.36 bits per heavy atom. The van der Waals surface area contributed by atoms with E-state index < -0.39 is 11.6 Å². The van der Waals surface area contributed by atoms with Crippen LogP contribution in [0.3, 0.4) is 0 Å². The van der Waals surface area contributed by atoms with Gasteiger partial charge in [-0.25, -0.2) is 0 Å². The van der Waals surface area contributed by atoms with Crippen LogP contribution in [0, 0.1) is 5.41 Å². The van der Waals surface area contributed by atoms with Crippen LogP contribution in [0.2, 0.25) is 0 Å². The zero-order chi connectivity index (χ0) is 31.5. The fourth-order valence-corrected chi connectivity index (χ4v) is 7.99. The van der Waals surface area contributed by atoms with Gasteiger partial charge >= 0.3 is 0 Å². The Kier molecular flexibility index (Phi) is 6.27. The predicted molar refractivity (Wildman–Crippen MR) is 189 cm³/mol. The molecule has 0 radical (unpaired) electrons. The van der Waals surface area contributed by atoms with E-state index in [1.165, 1.54) is 27.8 Å². The van der Waals surface area contributed by atoms with E-state index in [4.69, 9.17) is 15.2 Å². The molecule has 6 aromatic rings. The molecule has 0 aromatic heterocycles. The Morgan fingerprint density at radius 2 is 1.47 bits per heavy atom. The van der Waals surface area contributed by atoms with Gasteiger partial charge in [-0.15, -0.1) is 0 Å². The van der Waals surface area contributed by atoms with Gasteiger partial charge in [0.15, 0.2) is 6.23 Å². The van der Waals surface area contributed by atoms with Gasteiger partial charge < -0.3 is 9.47 Å². The fraction of sp³-hybridized carbons (Fsp3) is 0.0930. The smallest absolute Gasteiger partial charge is 0.216 e. The number of nitrogens with one attached hydrogen (secondary N) is 1. The topological polar surface area (TPSA) is 68.3 Å². The number of fused-ring (bicyclic) bond motifs is 9. The van der Waals surface area contributed by atoms with Crippen LogP contribution in [-0.2, 0) is 10.2 Å². The number of allylic oxidation sites excluding steroid dienone is 4. The van der Waals surface area contributed by atoms with E-state index in [2.05, 4.69) is 103 Å². The molecule has 2 aliphatic carbocycles. The van der Waals surface area contributed by atoms with Gasteiger partial charge in [-0.1, -0.05) is 127 Å². The molecular weight excluding hydrogens is 576 g/mol. The van der Waals surface area contributed by atoms with Crippen LogP contribution in [-0.4, -0.2) is 5.90 Å². The van der Waals surface area contributed by atoms with Crippen LogP contribution in [0.5, 0.6) is 11.5 Å². The van der Waals surface area contributed by atoms with E-state index in [1.54, 1.807) is 0 Å². The minimum absolute atomic E-state index is 0.0378. The predicted octanol–water partition coefficient (Wildman–Crippen LogP) is 10.1. The Hall–Kier alpha value is -5.71. The van der Waals surface area contributed by atoms with Gasteiger partial charge in [0.05, 0.1) is 11.0 Å². The third kappa shape index (κ3) is 4.08. The summed E-state index contributed by atoms with van der Waals surface area (Å²) >= 11 is 0. The van der Waals surface area contributed by atoms with Gasteiger partial charge in [-0.3, -0.25) is 11.1 Å². The minimum Gasteiger partial charge on any atom is -0.457 e. The molecule has 1 unspecified atom stereocenters. The first-order valence-electron chi connectivity index (χ1n) is 16.1. The van der Waals surface area contributed by atoms with Crippen molar-refractivity contribution in [1.82, 2.24) is 0 Å². The first kappa shape index (κ1) is 27.6. The van der Waals surface area contributed by atoms with Crippen LogP contribution >= 0.6 is 0 Å². The summed E-state index contributed by atoms with van der Waals surface area (Å²) in [7, 11) is 0. The summed E-state index contributed by atoms with van der Waals surface area (Å²) in [6.07, 6.45) is 5.80. The van der Waals surface area contributed by atoms with Crippen molar-refractivity contribution in [3.8, 4) is 22.6 Å². The molecule has 6 aromatic carbocycles. The first-order chi connectivity index (χ1) is 23.1. The Bertz CT molecular complexity index is 2300. The Labute approximate surface area is 273 Å². The molecule has 3 N–H and O–H groups in total. The first-order valence-corrected chi connectivity index (χ1v) is 16.1. The van der Waals surface area contributed by atoms with Crippen LogP contribution in [0.15, 0.2) is 151 Å². The molecule has 4 nitrogen and oxygen atoms in total. The quantitative estimate of drug-likeness (QED) is 0.119. The second-order valence-corrected chi connectivity index (χ2v) is 12.4. The van der Waals surface area contributed by atoms with Gasteiger partial charge in [0.2, 0.25) is 5.90 Å². The number of hydrogen-bond donors (Lipinski definition) is 2. The summed E-state index contributed by atoms with van der Waals surface area (Å²) in [4.78, 5) is 0. The van der Waals surface area contributed by atoms with Crippen LogP contribution in [0.4, 0.5) is 0 Å². The summed E-state index contributed by atoms with van der Waals surface area (Å²) in [5.74, 6) is 1.78. The standard InChI is InChI=1S/C43H32N2O2/c44-41(28-13-2-1-3-14-28)47-42(45)40-30-15-5-4-12-27(30)22-24-31(40)29-23-25-39-37(26-29)43(36-20-10-11-21-38(36)46-39)34-18-8-6-16-32(34)33-17-7-9-19-35(33)43/h1-8,10-18,20-26,41,45H,9,19,44H2/t41-,43?/m1/s1. The van der Waals surface area contributed by atoms with Crippen molar-refractivity contribution in [2.24, 2.45) is 5.73 Å². The molecule has 3 aliphatic rings. The molecule has 2 atom stereocenters. The van der Waals surface area contributed by atoms with Crippen molar-refractivity contribution in [3.63, 3.8) is 0 Å². The van der Waals surface area contributed by atoms with Crippen LogP contribution in [0.1, 0.15) is 52.5 Å². The third-order valence-corrected chi connectivity index (χ3v) is 9.98. The highest BCUT2D eigenvalue weighted by atomic mass is 16.5. The van der Waals surface area contributed by atoms with E-state index in [9.17, 15) is 5.41 Å². The normalized spacial score (nSPS) is 17.8. The van der Waals surface area contributed by atoms with Crippen LogP contribution in [0.25, 0.3) is 27.5 Å². The monoisotopic (exact) mass is 608 g/mol. The zero-order valence-corrected chi connectivity index (χ0v) is 25.7. The van der Waals surface area contributed by atoms with E-state index in [0.29, 0.717) is 5.56 Å². The van der Waals surface area contributed by atoms with Crippen LogP contribution < -0.4 is 10.5 Å². The van der Waals surface area contributed by atoms with Crippen molar-refractivity contribution >= 4 is 22.2 Å². The lowest BCUT2D eigenvalue weighted by molar-refractivity contribution is 0.199. The number of ether oxygens (including phenoxy) is 2. The molecule has 0 saturated carbocycles. The highest BCUT2D eigenvalue weighted by Gasteiger charge is 2.52. The lowest BCUT2D eigenvalue weighted by Gasteiger charge is -2.41. The lowest BCUT2D eigenvalue weighted by Crippen LogP contribution is -2.33. The number of benzene rings is 6. The maximum Gasteiger partial charge on any atom is 0.216 e. The van der Waals surface area contributed by atoms with Gasteiger partial charge in [0.1, 0.15) is 11.5 Å². The molecule has 1 aliphatic heterocycles.